The number of benzene rings is 3. The number of carbonyl (C=O) groups is 1. The van der Waals surface area contributed by atoms with Gasteiger partial charge in [0.15, 0.2) is 5.76 Å². The van der Waals surface area contributed by atoms with Gasteiger partial charge in [0.05, 0.1) is 27.5 Å². The van der Waals surface area contributed by atoms with Crippen molar-refractivity contribution < 1.29 is 9.21 Å². The molecule has 0 aliphatic rings. The molecule has 3 aromatic carbocycles. The topological polar surface area (TPSA) is 55.1 Å². The van der Waals surface area contributed by atoms with Crippen LogP contribution in [0.15, 0.2) is 81.8 Å². The van der Waals surface area contributed by atoms with Crippen molar-refractivity contribution in [3.63, 3.8) is 0 Å². The van der Waals surface area contributed by atoms with Crippen LogP contribution >= 0.6 is 39.1 Å². The van der Waals surface area contributed by atoms with E-state index >= 15 is 0 Å². The molecule has 0 aliphatic carbocycles. The number of hydrogen-bond donors (Lipinski definition) is 1. The summed E-state index contributed by atoms with van der Waals surface area (Å²) in [7, 11) is 0. The van der Waals surface area contributed by atoms with E-state index in [4.69, 9.17) is 27.6 Å². The molecule has 0 unspecified atom stereocenters. The highest BCUT2D eigenvalue weighted by atomic mass is 79.9. The van der Waals surface area contributed by atoms with Gasteiger partial charge in [-0.15, -0.1) is 0 Å². The molecule has 0 atom stereocenters. The number of rotatable bonds is 4. The van der Waals surface area contributed by atoms with Gasteiger partial charge in [0, 0.05) is 15.6 Å². The molecule has 7 heteroatoms. The van der Waals surface area contributed by atoms with E-state index in [1.165, 1.54) is 0 Å². The molecule has 0 saturated carbocycles. The van der Waals surface area contributed by atoms with Gasteiger partial charge >= 0.3 is 0 Å². The van der Waals surface area contributed by atoms with Crippen LogP contribution in [0.4, 0.5) is 5.69 Å². The molecule has 0 saturated heterocycles. The molecule has 1 amide bonds. The first-order valence-electron chi connectivity index (χ1n) is 8.59. The van der Waals surface area contributed by atoms with Gasteiger partial charge in [0.25, 0.3) is 5.91 Å². The Morgan fingerprint density at radius 2 is 1.72 bits per heavy atom. The summed E-state index contributed by atoms with van der Waals surface area (Å²) in [5.74, 6) is 0.625. The predicted molar refractivity (Wildman–Crippen MR) is 119 cm³/mol. The van der Waals surface area contributed by atoms with Crippen LogP contribution in [-0.4, -0.2) is 10.9 Å². The first kappa shape index (κ1) is 19.7. The van der Waals surface area contributed by atoms with Gasteiger partial charge in [-0.1, -0.05) is 69.5 Å². The highest BCUT2D eigenvalue weighted by molar-refractivity contribution is 9.10. The molecule has 4 nitrogen and oxygen atoms in total. The number of carbonyl (C=O) groups excluding carboxylic acids is 1. The van der Waals surface area contributed by atoms with Gasteiger partial charge in [-0.25, -0.2) is 4.98 Å². The summed E-state index contributed by atoms with van der Waals surface area (Å²) < 4.78 is 6.90. The van der Waals surface area contributed by atoms with Gasteiger partial charge in [-0.2, -0.15) is 0 Å². The maximum absolute atomic E-state index is 12.9. The van der Waals surface area contributed by atoms with Crippen LogP contribution in [-0.2, 0) is 0 Å². The third kappa shape index (κ3) is 4.22. The number of nitrogens with one attached hydrogen (secondary N) is 1. The zero-order valence-electron chi connectivity index (χ0n) is 14.8. The van der Waals surface area contributed by atoms with Crippen LogP contribution in [0, 0.1) is 0 Å². The highest BCUT2D eigenvalue weighted by Gasteiger charge is 2.18. The van der Waals surface area contributed by atoms with Crippen molar-refractivity contribution in [3.05, 3.63) is 93.0 Å². The number of hydrogen-bond acceptors (Lipinski definition) is 3. The Morgan fingerprint density at radius 3 is 2.52 bits per heavy atom. The molecule has 0 bridgehead atoms. The van der Waals surface area contributed by atoms with Gasteiger partial charge < -0.3 is 9.73 Å². The molecule has 1 aromatic heterocycles. The summed E-state index contributed by atoms with van der Waals surface area (Å²) in [5, 5.41) is 3.44. The second-order valence-electron chi connectivity index (χ2n) is 6.14. The van der Waals surface area contributed by atoms with E-state index < -0.39 is 0 Å². The Bertz CT molecular complexity index is 1190. The summed E-state index contributed by atoms with van der Waals surface area (Å²) in [6.07, 6.45) is 1.64. The largest absolute Gasteiger partial charge is 0.436 e. The Morgan fingerprint density at radius 1 is 0.966 bits per heavy atom. The fraction of sp³-hybridized carbons (Fsp3) is 0. The Kier molecular flexibility index (Phi) is 5.72. The monoisotopic (exact) mass is 486 g/mol. The second-order valence-corrected chi connectivity index (χ2v) is 7.84. The molecular formula is C22H13BrCl2N2O2. The van der Waals surface area contributed by atoms with Crippen LogP contribution in [0.1, 0.15) is 10.4 Å². The van der Waals surface area contributed by atoms with E-state index in [9.17, 15) is 4.79 Å². The number of anilines is 1. The SMILES string of the molecule is O=C(Nc1cccc(Cl)c1Cl)c1ccccc1-c1ncc(-c2ccc(Br)cc2)o1. The van der Waals surface area contributed by atoms with Crippen molar-refractivity contribution in [3.8, 4) is 22.8 Å². The van der Waals surface area contributed by atoms with Crippen molar-refractivity contribution in [1.82, 2.24) is 4.98 Å². The lowest BCUT2D eigenvalue weighted by Crippen LogP contribution is -2.13. The number of nitrogens with zero attached hydrogens (tertiary/aromatic N) is 1. The minimum atomic E-state index is -0.340. The molecule has 0 aliphatic heterocycles. The lowest BCUT2D eigenvalue weighted by Gasteiger charge is -2.10. The quantitative estimate of drug-likeness (QED) is 0.327. The van der Waals surface area contributed by atoms with E-state index in [1.54, 1.807) is 42.6 Å². The standard InChI is InChI=1S/C22H13BrCl2N2O2/c23-14-10-8-13(9-11-14)19-12-26-22(29-19)16-5-2-1-4-15(16)21(28)27-18-7-3-6-17(24)20(18)25/h1-12H,(H,27,28). The fourth-order valence-electron chi connectivity index (χ4n) is 2.80. The fourth-order valence-corrected chi connectivity index (χ4v) is 3.42. The van der Waals surface area contributed by atoms with E-state index in [0.29, 0.717) is 33.5 Å². The first-order chi connectivity index (χ1) is 14.0. The number of amides is 1. The molecular weight excluding hydrogens is 475 g/mol. The minimum absolute atomic E-state index is 0.286. The lowest BCUT2D eigenvalue weighted by atomic mass is 10.1. The van der Waals surface area contributed by atoms with Gasteiger partial charge in [0.2, 0.25) is 5.89 Å². The smallest absolute Gasteiger partial charge is 0.256 e. The molecule has 1 N–H and O–H groups in total. The summed E-state index contributed by atoms with van der Waals surface area (Å²) in [6.45, 7) is 0. The molecule has 4 rings (SSSR count). The van der Waals surface area contributed by atoms with Crippen LogP contribution < -0.4 is 5.32 Å². The van der Waals surface area contributed by atoms with Crippen molar-refractivity contribution in [2.75, 3.05) is 5.32 Å². The van der Waals surface area contributed by atoms with Crippen LogP contribution in [0.25, 0.3) is 22.8 Å². The molecule has 4 aromatic rings. The maximum Gasteiger partial charge on any atom is 0.256 e. The summed E-state index contributed by atoms with van der Waals surface area (Å²) in [4.78, 5) is 17.3. The molecule has 0 spiro atoms. The molecule has 29 heavy (non-hydrogen) atoms. The Balaban J connectivity index is 1.66. The molecule has 1 heterocycles. The van der Waals surface area contributed by atoms with Gasteiger partial charge in [0.1, 0.15) is 0 Å². The third-order valence-electron chi connectivity index (χ3n) is 4.24. The van der Waals surface area contributed by atoms with Crippen LogP contribution in [0.2, 0.25) is 10.0 Å². The third-order valence-corrected chi connectivity index (χ3v) is 5.58. The minimum Gasteiger partial charge on any atom is -0.436 e. The Hall–Kier alpha value is -2.60. The molecule has 144 valence electrons. The molecule has 0 radical (unpaired) electrons. The van der Waals surface area contributed by atoms with E-state index in [1.807, 2.05) is 30.3 Å². The highest BCUT2D eigenvalue weighted by Crippen LogP contribution is 2.32. The van der Waals surface area contributed by atoms with Crippen molar-refractivity contribution in [1.29, 1.82) is 0 Å². The van der Waals surface area contributed by atoms with E-state index in [-0.39, 0.29) is 10.9 Å². The number of oxazole rings is 1. The van der Waals surface area contributed by atoms with Crippen LogP contribution in [0.5, 0.6) is 0 Å². The normalized spacial score (nSPS) is 10.7. The van der Waals surface area contributed by atoms with E-state index in [0.717, 1.165) is 10.0 Å². The van der Waals surface area contributed by atoms with Gasteiger partial charge in [-0.3, -0.25) is 4.79 Å². The zero-order valence-corrected chi connectivity index (χ0v) is 17.9. The van der Waals surface area contributed by atoms with Crippen LogP contribution in [0.3, 0.4) is 0 Å². The van der Waals surface area contributed by atoms with Crippen molar-refractivity contribution in [2.24, 2.45) is 0 Å². The number of halogens is 3. The average Bonchev–Trinajstić information content (AvgIpc) is 3.22. The Labute approximate surface area is 185 Å². The number of aromatic nitrogens is 1. The van der Waals surface area contributed by atoms with Crippen molar-refractivity contribution >= 4 is 50.7 Å². The average molecular weight is 488 g/mol. The predicted octanol–water partition coefficient (Wildman–Crippen LogP) is 7.33. The lowest BCUT2D eigenvalue weighted by molar-refractivity contribution is 0.102. The summed E-state index contributed by atoms with van der Waals surface area (Å²) in [6, 6.07) is 19.8. The first-order valence-corrected chi connectivity index (χ1v) is 10.1. The van der Waals surface area contributed by atoms with Gasteiger partial charge in [-0.05, 0) is 36.4 Å². The summed E-state index contributed by atoms with van der Waals surface area (Å²) >= 11 is 15.6. The maximum atomic E-state index is 12.9. The zero-order chi connectivity index (χ0) is 20.4. The summed E-state index contributed by atoms with van der Waals surface area (Å²) in [5.41, 5.74) is 2.31. The van der Waals surface area contributed by atoms with Crippen molar-refractivity contribution in [2.45, 2.75) is 0 Å². The van der Waals surface area contributed by atoms with E-state index in [2.05, 4.69) is 26.2 Å². The second kappa shape index (κ2) is 8.41. The molecule has 0 fully saturated rings.